The van der Waals surface area contributed by atoms with Crippen molar-refractivity contribution in [1.82, 2.24) is 15.0 Å². The molecule has 0 saturated heterocycles. The quantitative estimate of drug-likeness (QED) is 0.792. The third-order valence-corrected chi connectivity index (χ3v) is 2.56. The van der Waals surface area contributed by atoms with Crippen molar-refractivity contribution in [3.8, 4) is 5.69 Å². The summed E-state index contributed by atoms with van der Waals surface area (Å²) in [4.78, 5) is 1.72. The van der Waals surface area contributed by atoms with E-state index >= 15 is 0 Å². The van der Waals surface area contributed by atoms with E-state index in [1.54, 1.807) is 4.80 Å². The maximum absolute atomic E-state index is 4.57. The first-order valence-electron chi connectivity index (χ1n) is 5.94. The van der Waals surface area contributed by atoms with Gasteiger partial charge in [0.2, 0.25) is 0 Å². The molecule has 0 saturated carbocycles. The van der Waals surface area contributed by atoms with Crippen LogP contribution < -0.4 is 0 Å². The summed E-state index contributed by atoms with van der Waals surface area (Å²) in [5.41, 5.74) is 3.35. The number of hydrogen-bond acceptors (Lipinski definition) is 2. The largest absolute Gasteiger partial charge is 0.153 e. The van der Waals surface area contributed by atoms with Crippen molar-refractivity contribution in [3.05, 3.63) is 41.7 Å². The molecule has 0 aliphatic rings. The molecule has 0 fully saturated rings. The lowest BCUT2D eigenvalue weighted by atomic mass is 9.90. The molecule has 0 aliphatic heterocycles. The second kappa shape index (κ2) is 4.32. The molecule has 0 unspecified atom stereocenters. The molecular weight excluding hydrogens is 210 g/mol. The Kier molecular flexibility index (Phi) is 3.01. The summed E-state index contributed by atoms with van der Waals surface area (Å²) in [7, 11) is 0. The normalized spacial score (nSPS) is 11.8. The molecule has 0 N–H and O–H groups in total. The molecule has 17 heavy (non-hydrogen) atoms. The second-order valence-corrected chi connectivity index (χ2v) is 5.59. The van der Waals surface area contributed by atoms with Gasteiger partial charge in [-0.05, 0) is 30.9 Å². The van der Waals surface area contributed by atoms with E-state index < -0.39 is 0 Å². The SMILES string of the molecule is Cc1nn(-c2ccccc2)nc1CC(C)(C)C. The first-order valence-corrected chi connectivity index (χ1v) is 5.94. The minimum atomic E-state index is 0.238. The molecule has 1 heterocycles. The van der Waals surface area contributed by atoms with Crippen molar-refractivity contribution in [2.75, 3.05) is 0 Å². The predicted molar refractivity (Wildman–Crippen MR) is 69.3 cm³/mol. The topological polar surface area (TPSA) is 30.7 Å². The van der Waals surface area contributed by atoms with Crippen LogP contribution >= 0.6 is 0 Å². The molecule has 0 aliphatic carbocycles. The molecule has 2 rings (SSSR count). The van der Waals surface area contributed by atoms with Crippen LogP contribution in [-0.4, -0.2) is 15.0 Å². The van der Waals surface area contributed by atoms with Gasteiger partial charge in [-0.3, -0.25) is 0 Å². The highest BCUT2D eigenvalue weighted by Crippen LogP contribution is 2.21. The van der Waals surface area contributed by atoms with Crippen molar-refractivity contribution in [1.29, 1.82) is 0 Å². The van der Waals surface area contributed by atoms with Crippen molar-refractivity contribution < 1.29 is 0 Å². The van der Waals surface area contributed by atoms with E-state index in [-0.39, 0.29) is 5.41 Å². The average Bonchev–Trinajstić information content (AvgIpc) is 2.59. The standard InChI is InChI=1S/C14H19N3/c1-11-13(10-14(2,3)4)16-17(15-11)12-8-6-5-7-9-12/h5-9H,10H2,1-4H3. The van der Waals surface area contributed by atoms with E-state index in [0.717, 1.165) is 23.5 Å². The Hall–Kier alpha value is -1.64. The maximum atomic E-state index is 4.57. The van der Waals surface area contributed by atoms with Crippen LogP contribution in [0, 0.1) is 12.3 Å². The molecule has 3 heteroatoms. The fourth-order valence-corrected chi connectivity index (χ4v) is 1.75. The molecule has 3 nitrogen and oxygen atoms in total. The van der Waals surface area contributed by atoms with E-state index in [0.29, 0.717) is 0 Å². The highest BCUT2D eigenvalue weighted by molar-refractivity contribution is 5.29. The smallest absolute Gasteiger partial charge is 0.0866 e. The molecule has 0 amide bonds. The van der Waals surface area contributed by atoms with E-state index in [1.807, 2.05) is 37.3 Å². The van der Waals surface area contributed by atoms with E-state index in [1.165, 1.54) is 0 Å². The fourth-order valence-electron chi connectivity index (χ4n) is 1.75. The number of aromatic nitrogens is 3. The minimum absolute atomic E-state index is 0.238. The van der Waals surface area contributed by atoms with Gasteiger partial charge in [0, 0.05) is 0 Å². The molecule has 0 bridgehead atoms. The number of hydrogen-bond donors (Lipinski definition) is 0. The van der Waals surface area contributed by atoms with E-state index in [4.69, 9.17) is 0 Å². The van der Waals surface area contributed by atoms with Crippen molar-refractivity contribution in [3.63, 3.8) is 0 Å². The van der Waals surface area contributed by atoms with Crippen molar-refractivity contribution in [2.24, 2.45) is 5.41 Å². The lowest BCUT2D eigenvalue weighted by Gasteiger charge is -2.15. The van der Waals surface area contributed by atoms with Crippen molar-refractivity contribution in [2.45, 2.75) is 34.1 Å². The summed E-state index contributed by atoms with van der Waals surface area (Å²) in [6.07, 6.45) is 0.950. The minimum Gasteiger partial charge on any atom is -0.153 e. The summed E-state index contributed by atoms with van der Waals surface area (Å²) in [5, 5.41) is 9.04. The monoisotopic (exact) mass is 229 g/mol. The highest BCUT2D eigenvalue weighted by Gasteiger charge is 2.17. The zero-order chi connectivity index (χ0) is 12.5. The molecule has 90 valence electrons. The van der Waals surface area contributed by atoms with Gasteiger partial charge < -0.3 is 0 Å². The van der Waals surface area contributed by atoms with Crippen LogP contribution in [0.25, 0.3) is 5.69 Å². The van der Waals surface area contributed by atoms with Crippen LogP contribution in [-0.2, 0) is 6.42 Å². The predicted octanol–water partition coefficient (Wildman–Crippen LogP) is 3.16. The van der Waals surface area contributed by atoms with Crippen LogP contribution in [0.1, 0.15) is 32.2 Å². The van der Waals surface area contributed by atoms with Gasteiger partial charge in [-0.1, -0.05) is 39.0 Å². The second-order valence-electron chi connectivity index (χ2n) is 5.59. The van der Waals surface area contributed by atoms with Gasteiger partial charge in [0.15, 0.2) is 0 Å². The lowest BCUT2D eigenvalue weighted by Crippen LogP contribution is -2.10. The van der Waals surface area contributed by atoms with Crippen LogP contribution in [0.3, 0.4) is 0 Å². The highest BCUT2D eigenvalue weighted by atomic mass is 15.5. The molecule has 1 aromatic carbocycles. The summed E-state index contributed by atoms with van der Waals surface area (Å²) in [5.74, 6) is 0. The molecule has 0 spiro atoms. The summed E-state index contributed by atoms with van der Waals surface area (Å²) >= 11 is 0. The summed E-state index contributed by atoms with van der Waals surface area (Å²) in [6, 6.07) is 10.0. The number of aryl methyl sites for hydroxylation is 1. The summed E-state index contributed by atoms with van der Waals surface area (Å²) < 4.78 is 0. The first kappa shape index (κ1) is 11.8. The number of benzene rings is 1. The number of para-hydroxylation sites is 1. The Bertz CT molecular complexity index is 492. The van der Waals surface area contributed by atoms with Gasteiger partial charge in [-0.2, -0.15) is 15.0 Å². The average molecular weight is 229 g/mol. The van der Waals surface area contributed by atoms with Gasteiger partial charge in [-0.25, -0.2) is 0 Å². The molecule has 0 radical (unpaired) electrons. The Morgan fingerprint density at radius 1 is 1.06 bits per heavy atom. The Balaban J connectivity index is 2.31. The zero-order valence-corrected chi connectivity index (χ0v) is 10.9. The Morgan fingerprint density at radius 3 is 2.29 bits per heavy atom. The van der Waals surface area contributed by atoms with Gasteiger partial charge in [0.1, 0.15) is 0 Å². The molecular formula is C14H19N3. The van der Waals surface area contributed by atoms with Crippen LogP contribution in [0.4, 0.5) is 0 Å². The Labute approximate surface area is 102 Å². The van der Waals surface area contributed by atoms with Crippen LogP contribution in [0.5, 0.6) is 0 Å². The third kappa shape index (κ3) is 2.93. The fraction of sp³-hybridized carbons (Fsp3) is 0.429. The van der Waals surface area contributed by atoms with E-state index in [2.05, 4.69) is 31.0 Å². The van der Waals surface area contributed by atoms with Gasteiger partial charge in [0.25, 0.3) is 0 Å². The van der Waals surface area contributed by atoms with Crippen LogP contribution in [0.2, 0.25) is 0 Å². The number of nitrogens with zero attached hydrogens (tertiary/aromatic N) is 3. The molecule has 1 aromatic heterocycles. The molecule has 0 atom stereocenters. The van der Waals surface area contributed by atoms with Crippen LogP contribution in [0.15, 0.2) is 30.3 Å². The maximum Gasteiger partial charge on any atom is 0.0866 e. The summed E-state index contributed by atoms with van der Waals surface area (Å²) in [6.45, 7) is 8.67. The molecule has 2 aromatic rings. The number of rotatable bonds is 2. The zero-order valence-electron chi connectivity index (χ0n) is 10.9. The van der Waals surface area contributed by atoms with E-state index in [9.17, 15) is 0 Å². The van der Waals surface area contributed by atoms with Gasteiger partial charge in [0.05, 0.1) is 17.1 Å². The van der Waals surface area contributed by atoms with Crippen molar-refractivity contribution >= 4 is 0 Å². The first-order chi connectivity index (χ1) is 7.96. The lowest BCUT2D eigenvalue weighted by molar-refractivity contribution is 0.404. The third-order valence-electron chi connectivity index (χ3n) is 2.56. The Morgan fingerprint density at radius 2 is 1.71 bits per heavy atom. The van der Waals surface area contributed by atoms with Gasteiger partial charge >= 0.3 is 0 Å². The van der Waals surface area contributed by atoms with Gasteiger partial charge in [-0.15, -0.1) is 0 Å².